The van der Waals surface area contributed by atoms with Gasteiger partial charge in [0.25, 0.3) is 5.91 Å². The first-order valence-electron chi connectivity index (χ1n) is 10.2. The summed E-state index contributed by atoms with van der Waals surface area (Å²) in [7, 11) is 1.60. The van der Waals surface area contributed by atoms with E-state index in [0.29, 0.717) is 29.4 Å². The summed E-state index contributed by atoms with van der Waals surface area (Å²) in [6.07, 6.45) is 3.29. The number of hydrogen-bond acceptors (Lipinski definition) is 5. The Kier molecular flexibility index (Phi) is 7.26. The lowest BCUT2D eigenvalue weighted by Crippen LogP contribution is -2.12. The highest BCUT2D eigenvalue weighted by molar-refractivity contribution is 9.10. The molecule has 33 heavy (non-hydrogen) atoms. The van der Waals surface area contributed by atoms with E-state index in [1.165, 1.54) is 0 Å². The molecule has 1 heterocycles. The summed E-state index contributed by atoms with van der Waals surface area (Å²) in [6, 6.07) is 22.2. The van der Waals surface area contributed by atoms with Gasteiger partial charge in [0.2, 0.25) is 0 Å². The molecule has 0 aliphatic heterocycles. The maximum atomic E-state index is 12.7. The zero-order chi connectivity index (χ0) is 23.0. The number of rotatable bonds is 9. The third-order valence-electron chi connectivity index (χ3n) is 4.72. The van der Waals surface area contributed by atoms with Crippen molar-refractivity contribution in [3.05, 3.63) is 101 Å². The van der Waals surface area contributed by atoms with E-state index in [1.807, 2.05) is 60.7 Å². The number of amides is 1. The van der Waals surface area contributed by atoms with Crippen LogP contribution >= 0.6 is 15.9 Å². The standard InChI is InChI=1S/C25H22BrN3O4/c1-31-23-7-2-3-8-24(23)32-16-18-5-4-6-19(13-18)25(30)28-21-14-27-29(15-21)17-33-22-11-9-20(26)10-12-22/h2-15H,16-17H2,1H3,(H,28,30). The minimum atomic E-state index is -0.234. The lowest BCUT2D eigenvalue weighted by Gasteiger charge is -2.11. The maximum absolute atomic E-state index is 12.7. The van der Waals surface area contributed by atoms with Gasteiger partial charge in [0.05, 0.1) is 25.2 Å². The number of aromatic nitrogens is 2. The molecule has 8 heteroatoms. The van der Waals surface area contributed by atoms with Gasteiger partial charge in [0.1, 0.15) is 12.4 Å². The molecule has 7 nitrogen and oxygen atoms in total. The number of halogens is 1. The number of carbonyl (C=O) groups is 1. The van der Waals surface area contributed by atoms with Gasteiger partial charge in [0.15, 0.2) is 18.2 Å². The number of para-hydroxylation sites is 2. The van der Waals surface area contributed by atoms with Crippen molar-refractivity contribution in [2.45, 2.75) is 13.3 Å². The Hall–Kier alpha value is -3.78. The molecule has 0 atom stereocenters. The van der Waals surface area contributed by atoms with Crippen LogP contribution in [-0.2, 0) is 13.3 Å². The summed E-state index contributed by atoms with van der Waals surface area (Å²) in [6.45, 7) is 0.542. The molecule has 1 amide bonds. The Balaban J connectivity index is 1.33. The lowest BCUT2D eigenvalue weighted by atomic mass is 10.1. The second-order valence-electron chi connectivity index (χ2n) is 7.09. The fourth-order valence-corrected chi connectivity index (χ4v) is 3.34. The van der Waals surface area contributed by atoms with Crippen LogP contribution in [0.2, 0.25) is 0 Å². The van der Waals surface area contributed by atoms with Gasteiger partial charge in [-0.15, -0.1) is 0 Å². The number of nitrogens with one attached hydrogen (secondary N) is 1. The van der Waals surface area contributed by atoms with E-state index in [9.17, 15) is 4.79 Å². The first-order valence-corrected chi connectivity index (χ1v) is 11.0. The predicted molar refractivity (Wildman–Crippen MR) is 129 cm³/mol. The van der Waals surface area contributed by atoms with Gasteiger partial charge >= 0.3 is 0 Å². The highest BCUT2D eigenvalue weighted by Gasteiger charge is 2.10. The maximum Gasteiger partial charge on any atom is 0.255 e. The average molecular weight is 508 g/mol. The summed E-state index contributed by atoms with van der Waals surface area (Å²) >= 11 is 3.39. The molecular weight excluding hydrogens is 486 g/mol. The van der Waals surface area contributed by atoms with Crippen molar-refractivity contribution >= 4 is 27.5 Å². The molecule has 4 aromatic rings. The van der Waals surface area contributed by atoms with E-state index >= 15 is 0 Å². The molecule has 0 bridgehead atoms. The topological polar surface area (TPSA) is 74.6 Å². The number of hydrogen-bond donors (Lipinski definition) is 1. The second kappa shape index (κ2) is 10.7. The smallest absolute Gasteiger partial charge is 0.255 e. The third kappa shape index (κ3) is 6.14. The van der Waals surface area contributed by atoms with Gasteiger partial charge in [-0.25, -0.2) is 4.68 Å². The zero-order valence-electron chi connectivity index (χ0n) is 17.9. The molecule has 0 saturated carbocycles. The molecule has 0 saturated heterocycles. The van der Waals surface area contributed by atoms with E-state index in [2.05, 4.69) is 26.3 Å². The van der Waals surface area contributed by atoms with Crippen LogP contribution < -0.4 is 19.5 Å². The van der Waals surface area contributed by atoms with Crippen molar-refractivity contribution in [2.75, 3.05) is 12.4 Å². The van der Waals surface area contributed by atoms with Crippen molar-refractivity contribution in [3.63, 3.8) is 0 Å². The summed E-state index contributed by atoms with van der Waals surface area (Å²) in [5.74, 6) is 1.80. The lowest BCUT2D eigenvalue weighted by molar-refractivity contribution is 0.102. The number of carbonyl (C=O) groups excluding carboxylic acids is 1. The molecule has 0 fully saturated rings. The normalized spacial score (nSPS) is 10.5. The number of methoxy groups -OCH3 is 1. The van der Waals surface area contributed by atoms with Crippen molar-refractivity contribution in [1.82, 2.24) is 9.78 Å². The molecule has 0 spiro atoms. The molecular formula is C25H22BrN3O4. The van der Waals surface area contributed by atoms with Gasteiger partial charge in [-0.05, 0) is 54.1 Å². The summed E-state index contributed by atoms with van der Waals surface area (Å²) in [5.41, 5.74) is 1.97. The van der Waals surface area contributed by atoms with Gasteiger partial charge in [-0.2, -0.15) is 5.10 Å². The van der Waals surface area contributed by atoms with Crippen molar-refractivity contribution in [2.24, 2.45) is 0 Å². The Morgan fingerprint density at radius 2 is 1.79 bits per heavy atom. The van der Waals surface area contributed by atoms with Crippen molar-refractivity contribution in [1.29, 1.82) is 0 Å². The quantitative estimate of drug-likeness (QED) is 0.322. The van der Waals surface area contributed by atoms with E-state index < -0.39 is 0 Å². The Morgan fingerprint density at radius 1 is 1.00 bits per heavy atom. The SMILES string of the molecule is COc1ccccc1OCc1cccc(C(=O)Nc2cnn(COc3ccc(Br)cc3)c2)c1. The van der Waals surface area contributed by atoms with Crippen LogP contribution in [0.1, 0.15) is 15.9 Å². The van der Waals surface area contributed by atoms with Crippen LogP contribution in [0.5, 0.6) is 17.2 Å². The van der Waals surface area contributed by atoms with Crippen molar-refractivity contribution in [3.8, 4) is 17.2 Å². The molecule has 0 unspecified atom stereocenters. The van der Waals surface area contributed by atoms with Gasteiger partial charge in [0, 0.05) is 10.0 Å². The fourth-order valence-electron chi connectivity index (χ4n) is 3.07. The summed E-state index contributed by atoms with van der Waals surface area (Å²) in [5, 5.41) is 7.09. The molecule has 1 aromatic heterocycles. The number of benzene rings is 3. The van der Waals surface area contributed by atoms with Crippen LogP contribution in [-0.4, -0.2) is 22.8 Å². The van der Waals surface area contributed by atoms with Crippen LogP contribution in [0.3, 0.4) is 0 Å². The molecule has 168 valence electrons. The summed E-state index contributed by atoms with van der Waals surface area (Å²) < 4.78 is 19.4. The predicted octanol–water partition coefficient (Wildman–Crippen LogP) is 5.52. The molecule has 3 aromatic carbocycles. The monoisotopic (exact) mass is 507 g/mol. The van der Waals surface area contributed by atoms with Crippen LogP contribution in [0.4, 0.5) is 5.69 Å². The van der Waals surface area contributed by atoms with Crippen LogP contribution in [0, 0.1) is 0 Å². The second-order valence-corrected chi connectivity index (χ2v) is 8.01. The fraction of sp³-hybridized carbons (Fsp3) is 0.120. The Bertz CT molecular complexity index is 1220. The first-order chi connectivity index (χ1) is 16.1. The molecule has 0 radical (unpaired) electrons. The zero-order valence-corrected chi connectivity index (χ0v) is 19.5. The largest absolute Gasteiger partial charge is 0.493 e. The van der Waals surface area contributed by atoms with Crippen molar-refractivity contribution < 1.29 is 19.0 Å². The van der Waals surface area contributed by atoms with E-state index in [4.69, 9.17) is 14.2 Å². The highest BCUT2D eigenvalue weighted by atomic mass is 79.9. The minimum Gasteiger partial charge on any atom is -0.493 e. The number of ether oxygens (including phenoxy) is 3. The van der Waals surface area contributed by atoms with Crippen LogP contribution in [0.15, 0.2) is 89.7 Å². The molecule has 0 aliphatic rings. The third-order valence-corrected chi connectivity index (χ3v) is 5.25. The highest BCUT2D eigenvalue weighted by Crippen LogP contribution is 2.26. The van der Waals surface area contributed by atoms with Gasteiger partial charge in [-0.1, -0.05) is 40.2 Å². The first kappa shape index (κ1) is 22.4. The average Bonchev–Trinajstić information content (AvgIpc) is 3.30. The van der Waals surface area contributed by atoms with Gasteiger partial charge in [-0.3, -0.25) is 4.79 Å². The van der Waals surface area contributed by atoms with E-state index in [0.717, 1.165) is 15.8 Å². The Labute approximate surface area is 200 Å². The number of nitrogens with zero attached hydrogens (tertiary/aromatic N) is 2. The Morgan fingerprint density at radius 3 is 2.58 bits per heavy atom. The molecule has 1 N–H and O–H groups in total. The summed E-state index contributed by atoms with van der Waals surface area (Å²) in [4.78, 5) is 12.7. The minimum absolute atomic E-state index is 0.229. The number of anilines is 1. The van der Waals surface area contributed by atoms with Gasteiger partial charge < -0.3 is 19.5 Å². The van der Waals surface area contributed by atoms with E-state index in [-0.39, 0.29) is 12.6 Å². The van der Waals surface area contributed by atoms with E-state index in [1.54, 1.807) is 36.3 Å². The molecule has 0 aliphatic carbocycles. The molecule has 4 rings (SSSR count). The van der Waals surface area contributed by atoms with Crippen LogP contribution in [0.25, 0.3) is 0 Å².